The number of carbonyl (C=O) groups excluding carboxylic acids is 2. The first-order valence-electron chi connectivity index (χ1n) is 9.11. The molecule has 3 heterocycles. The third kappa shape index (κ3) is 3.20. The van der Waals surface area contributed by atoms with Crippen LogP contribution < -0.4 is 9.80 Å². The predicted molar refractivity (Wildman–Crippen MR) is 102 cm³/mol. The Morgan fingerprint density at radius 3 is 2.56 bits per heavy atom. The maximum Gasteiger partial charge on any atom is 0.409 e. The van der Waals surface area contributed by atoms with Gasteiger partial charge in [-0.05, 0) is 30.2 Å². The van der Waals surface area contributed by atoms with Crippen molar-refractivity contribution >= 4 is 23.5 Å². The van der Waals surface area contributed by atoms with Crippen molar-refractivity contribution in [2.75, 3.05) is 49.6 Å². The van der Waals surface area contributed by atoms with Crippen LogP contribution in [0.2, 0.25) is 0 Å². The molecule has 4 rings (SSSR count). The van der Waals surface area contributed by atoms with Crippen molar-refractivity contribution in [3.8, 4) is 0 Å². The quantitative estimate of drug-likeness (QED) is 0.815. The Hall–Kier alpha value is -3.09. The zero-order valence-corrected chi connectivity index (χ0v) is 15.3. The van der Waals surface area contributed by atoms with Crippen molar-refractivity contribution in [3.05, 3.63) is 53.7 Å². The molecule has 0 N–H and O–H groups in total. The lowest BCUT2D eigenvalue weighted by molar-refractivity contribution is 0.0988. The molecular formula is C20H22N4O3. The van der Waals surface area contributed by atoms with Crippen LogP contribution in [0.15, 0.2) is 42.6 Å². The number of amides is 2. The van der Waals surface area contributed by atoms with Crippen LogP contribution in [0, 0.1) is 0 Å². The third-order valence-electron chi connectivity index (χ3n) is 5.16. The summed E-state index contributed by atoms with van der Waals surface area (Å²) >= 11 is 0. The first-order chi connectivity index (χ1) is 13.2. The lowest BCUT2D eigenvalue weighted by Crippen LogP contribution is -2.49. The number of ether oxygens (including phenoxy) is 1. The van der Waals surface area contributed by atoms with E-state index < -0.39 is 0 Å². The molecule has 0 saturated carbocycles. The minimum atomic E-state index is -0.319. The Kier molecular flexibility index (Phi) is 4.66. The second kappa shape index (κ2) is 7.26. The molecule has 2 aromatic rings. The minimum Gasteiger partial charge on any atom is -0.453 e. The lowest BCUT2D eigenvalue weighted by Gasteiger charge is -2.35. The second-order valence-corrected chi connectivity index (χ2v) is 6.65. The van der Waals surface area contributed by atoms with E-state index in [-0.39, 0.29) is 12.0 Å². The number of hydrogen-bond acceptors (Lipinski definition) is 5. The number of rotatable bonds is 2. The molecule has 2 aliphatic heterocycles. The number of methoxy groups -OCH3 is 1. The van der Waals surface area contributed by atoms with Gasteiger partial charge in [-0.3, -0.25) is 4.79 Å². The van der Waals surface area contributed by atoms with Crippen molar-refractivity contribution in [1.82, 2.24) is 9.88 Å². The summed E-state index contributed by atoms with van der Waals surface area (Å²) in [6, 6.07) is 11.6. The van der Waals surface area contributed by atoms with E-state index in [0.29, 0.717) is 44.1 Å². The number of pyridine rings is 1. The molecule has 0 spiro atoms. The Bertz CT molecular complexity index is 862. The highest BCUT2D eigenvalue weighted by atomic mass is 16.5. The lowest BCUT2D eigenvalue weighted by atomic mass is 10.1. The van der Waals surface area contributed by atoms with Crippen LogP contribution in [0.25, 0.3) is 0 Å². The average molecular weight is 366 g/mol. The van der Waals surface area contributed by atoms with E-state index in [0.717, 1.165) is 12.1 Å². The van der Waals surface area contributed by atoms with Crippen LogP contribution in [-0.4, -0.2) is 61.7 Å². The average Bonchev–Trinajstić information content (AvgIpc) is 3.17. The summed E-state index contributed by atoms with van der Waals surface area (Å²) < 4.78 is 4.79. The van der Waals surface area contributed by atoms with Gasteiger partial charge in [0.25, 0.3) is 5.91 Å². The fourth-order valence-corrected chi connectivity index (χ4v) is 3.74. The van der Waals surface area contributed by atoms with Crippen LogP contribution in [-0.2, 0) is 11.2 Å². The van der Waals surface area contributed by atoms with Crippen molar-refractivity contribution in [1.29, 1.82) is 0 Å². The van der Waals surface area contributed by atoms with Crippen LogP contribution in [0.1, 0.15) is 15.9 Å². The van der Waals surface area contributed by atoms with Gasteiger partial charge in [-0.2, -0.15) is 0 Å². The summed E-state index contributed by atoms with van der Waals surface area (Å²) in [5.41, 5.74) is 2.77. The van der Waals surface area contributed by atoms with Crippen LogP contribution >= 0.6 is 0 Å². The van der Waals surface area contributed by atoms with E-state index >= 15 is 0 Å². The molecule has 0 aliphatic carbocycles. The standard InChI is InChI=1S/C20H22N4O3/c1-27-20(26)23-13-11-22(12-14-23)18-16(6-4-9-21-18)19(25)24-10-8-15-5-2-3-7-17(15)24/h2-7,9H,8,10-14H2,1H3. The number of benzene rings is 1. The van der Waals surface area contributed by atoms with Gasteiger partial charge in [-0.15, -0.1) is 0 Å². The Morgan fingerprint density at radius 2 is 1.78 bits per heavy atom. The number of carbonyl (C=O) groups is 2. The van der Waals surface area contributed by atoms with Crippen molar-refractivity contribution in [3.63, 3.8) is 0 Å². The van der Waals surface area contributed by atoms with Gasteiger partial charge in [0.15, 0.2) is 0 Å². The van der Waals surface area contributed by atoms with E-state index in [1.165, 1.54) is 12.7 Å². The largest absolute Gasteiger partial charge is 0.453 e. The normalized spacial score (nSPS) is 16.3. The molecule has 1 fully saturated rings. The number of nitrogens with zero attached hydrogens (tertiary/aromatic N) is 4. The SMILES string of the molecule is COC(=O)N1CCN(c2ncccc2C(=O)N2CCc3ccccc32)CC1. The highest BCUT2D eigenvalue weighted by Crippen LogP contribution is 2.30. The van der Waals surface area contributed by atoms with Crippen molar-refractivity contribution < 1.29 is 14.3 Å². The molecule has 2 aliphatic rings. The van der Waals surface area contributed by atoms with Gasteiger partial charge in [0.2, 0.25) is 0 Å². The van der Waals surface area contributed by atoms with Gasteiger partial charge in [0, 0.05) is 44.6 Å². The zero-order valence-electron chi connectivity index (χ0n) is 15.3. The Labute approximate surface area is 158 Å². The van der Waals surface area contributed by atoms with Gasteiger partial charge in [-0.1, -0.05) is 18.2 Å². The smallest absolute Gasteiger partial charge is 0.409 e. The number of anilines is 2. The first kappa shape index (κ1) is 17.3. The number of para-hydroxylation sites is 1. The third-order valence-corrected chi connectivity index (χ3v) is 5.16. The maximum atomic E-state index is 13.3. The number of aromatic nitrogens is 1. The zero-order chi connectivity index (χ0) is 18.8. The highest BCUT2D eigenvalue weighted by Gasteiger charge is 2.30. The molecule has 27 heavy (non-hydrogen) atoms. The van der Waals surface area contributed by atoms with E-state index in [9.17, 15) is 9.59 Å². The first-order valence-corrected chi connectivity index (χ1v) is 9.11. The van der Waals surface area contributed by atoms with Crippen LogP contribution in [0.3, 0.4) is 0 Å². The molecule has 0 atom stereocenters. The topological polar surface area (TPSA) is 66.0 Å². The molecule has 0 unspecified atom stereocenters. The summed E-state index contributed by atoms with van der Waals surface area (Å²) in [5.74, 6) is 0.648. The van der Waals surface area contributed by atoms with E-state index in [1.54, 1.807) is 17.2 Å². The molecule has 1 aromatic carbocycles. The van der Waals surface area contributed by atoms with Gasteiger partial charge in [0.1, 0.15) is 5.82 Å². The molecule has 1 saturated heterocycles. The molecular weight excluding hydrogens is 344 g/mol. The molecule has 0 bridgehead atoms. The molecule has 0 radical (unpaired) electrons. The maximum absolute atomic E-state index is 13.3. The Balaban J connectivity index is 1.56. The van der Waals surface area contributed by atoms with Gasteiger partial charge in [-0.25, -0.2) is 9.78 Å². The fourth-order valence-electron chi connectivity index (χ4n) is 3.74. The summed E-state index contributed by atoms with van der Waals surface area (Å²) in [6.45, 7) is 3.00. The highest BCUT2D eigenvalue weighted by molar-refractivity contribution is 6.10. The van der Waals surface area contributed by atoms with Gasteiger partial charge in [0.05, 0.1) is 12.7 Å². The van der Waals surface area contributed by atoms with E-state index in [1.807, 2.05) is 29.2 Å². The molecule has 1 aromatic heterocycles. The summed E-state index contributed by atoms with van der Waals surface area (Å²) in [6.07, 6.45) is 2.26. The van der Waals surface area contributed by atoms with Crippen molar-refractivity contribution in [2.45, 2.75) is 6.42 Å². The number of hydrogen-bond donors (Lipinski definition) is 0. The Morgan fingerprint density at radius 1 is 1.00 bits per heavy atom. The molecule has 7 nitrogen and oxygen atoms in total. The van der Waals surface area contributed by atoms with Crippen LogP contribution in [0.5, 0.6) is 0 Å². The second-order valence-electron chi connectivity index (χ2n) is 6.65. The molecule has 140 valence electrons. The van der Waals surface area contributed by atoms with Gasteiger partial charge < -0.3 is 19.4 Å². The predicted octanol–water partition coefficient (Wildman–Crippen LogP) is 2.17. The summed E-state index contributed by atoms with van der Waals surface area (Å²) in [4.78, 5) is 35.0. The van der Waals surface area contributed by atoms with Gasteiger partial charge >= 0.3 is 6.09 Å². The van der Waals surface area contributed by atoms with Crippen LogP contribution in [0.4, 0.5) is 16.3 Å². The van der Waals surface area contributed by atoms with Crippen molar-refractivity contribution in [2.24, 2.45) is 0 Å². The van der Waals surface area contributed by atoms with E-state index in [4.69, 9.17) is 4.74 Å². The van der Waals surface area contributed by atoms with E-state index in [2.05, 4.69) is 16.0 Å². The molecule has 7 heteroatoms. The number of fused-ring (bicyclic) bond motifs is 1. The summed E-state index contributed by atoms with van der Waals surface area (Å²) in [5, 5.41) is 0. The number of piperazine rings is 1. The molecule has 2 amide bonds. The monoisotopic (exact) mass is 366 g/mol. The minimum absolute atomic E-state index is 0.0292. The fraction of sp³-hybridized carbons (Fsp3) is 0.350. The summed E-state index contributed by atoms with van der Waals surface area (Å²) in [7, 11) is 1.39.